The number of nitrogens with one attached hydrogen (secondary N) is 2. The molecule has 5 heteroatoms. The van der Waals surface area contributed by atoms with Crippen LogP contribution in [0.2, 0.25) is 0 Å². The maximum atomic E-state index is 12.7. The maximum Gasteiger partial charge on any atom is 0.255 e. The zero-order valence-electron chi connectivity index (χ0n) is 15.3. The summed E-state index contributed by atoms with van der Waals surface area (Å²) in [6.45, 7) is 0. The van der Waals surface area contributed by atoms with Crippen molar-refractivity contribution in [2.75, 3.05) is 29.6 Å². The van der Waals surface area contributed by atoms with Gasteiger partial charge in [-0.15, -0.1) is 0 Å². The summed E-state index contributed by atoms with van der Waals surface area (Å²) in [5.41, 5.74) is 3.13. The van der Waals surface area contributed by atoms with Gasteiger partial charge in [0.2, 0.25) is 0 Å². The van der Waals surface area contributed by atoms with Crippen LogP contribution < -0.4 is 15.5 Å². The van der Waals surface area contributed by atoms with E-state index in [1.807, 2.05) is 55.4 Å². The molecule has 0 heterocycles. The number of anilines is 3. The van der Waals surface area contributed by atoms with E-state index in [4.69, 9.17) is 0 Å². The van der Waals surface area contributed by atoms with Crippen LogP contribution in [0.3, 0.4) is 0 Å². The molecule has 3 aromatic carbocycles. The van der Waals surface area contributed by atoms with Gasteiger partial charge < -0.3 is 15.5 Å². The molecule has 0 aliphatic carbocycles. The molecule has 0 saturated carbocycles. The number of benzene rings is 3. The SMILES string of the molecule is CN(C)c1cccc(C(=O)Nc2ccccc2NC(=O)c2ccccc2)c1. The maximum absolute atomic E-state index is 12.7. The minimum absolute atomic E-state index is 0.230. The lowest BCUT2D eigenvalue weighted by molar-refractivity contribution is 0.101. The van der Waals surface area contributed by atoms with E-state index in [9.17, 15) is 9.59 Å². The largest absolute Gasteiger partial charge is 0.378 e. The van der Waals surface area contributed by atoms with Crippen molar-refractivity contribution in [1.82, 2.24) is 0 Å². The molecule has 2 amide bonds. The molecule has 5 nitrogen and oxygen atoms in total. The number of hydrogen-bond donors (Lipinski definition) is 2. The van der Waals surface area contributed by atoms with Crippen molar-refractivity contribution in [3.8, 4) is 0 Å². The van der Waals surface area contributed by atoms with Crippen LogP contribution in [0.5, 0.6) is 0 Å². The van der Waals surface area contributed by atoms with Crippen LogP contribution in [0.1, 0.15) is 20.7 Å². The molecule has 0 aliphatic rings. The number of carbonyl (C=O) groups is 2. The fraction of sp³-hybridized carbons (Fsp3) is 0.0909. The van der Waals surface area contributed by atoms with Gasteiger partial charge in [0.1, 0.15) is 0 Å². The summed E-state index contributed by atoms with van der Waals surface area (Å²) in [5, 5.41) is 5.73. The third kappa shape index (κ3) is 4.52. The average Bonchev–Trinajstić information content (AvgIpc) is 2.70. The van der Waals surface area contributed by atoms with Crippen LogP contribution in [0.15, 0.2) is 78.9 Å². The first-order chi connectivity index (χ1) is 13.0. The second kappa shape index (κ2) is 8.19. The lowest BCUT2D eigenvalue weighted by Crippen LogP contribution is -2.17. The van der Waals surface area contributed by atoms with Gasteiger partial charge in [-0.25, -0.2) is 0 Å². The van der Waals surface area contributed by atoms with Gasteiger partial charge in [-0.2, -0.15) is 0 Å². The fourth-order valence-electron chi connectivity index (χ4n) is 2.60. The predicted octanol–water partition coefficient (Wildman–Crippen LogP) is 4.26. The average molecular weight is 359 g/mol. The normalized spacial score (nSPS) is 10.1. The Hall–Kier alpha value is -3.60. The van der Waals surface area contributed by atoms with Crippen LogP contribution in [-0.2, 0) is 0 Å². The van der Waals surface area contributed by atoms with Crippen LogP contribution in [-0.4, -0.2) is 25.9 Å². The number of nitrogens with zero attached hydrogens (tertiary/aromatic N) is 1. The minimum atomic E-state index is -0.236. The van der Waals surface area contributed by atoms with E-state index in [-0.39, 0.29) is 11.8 Å². The second-order valence-corrected chi connectivity index (χ2v) is 6.26. The number of carbonyl (C=O) groups excluding carboxylic acids is 2. The number of para-hydroxylation sites is 2. The van der Waals surface area contributed by atoms with Crippen molar-refractivity contribution in [2.45, 2.75) is 0 Å². The van der Waals surface area contributed by atoms with E-state index in [0.717, 1.165) is 5.69 Å². The molecule has 0 bridgehead atoms. The highest BCUT2D eigenvalue weighted by molar-refractivity contribution is 6.10. The van der Waals surface area contributed by atoms with Crippen molar-refractivity contribution >= 4 is 28.9 Å². The fourth-order valence-corrected chi connectivity index (χ4v) is 2.60. The summed E-state index contributed by atoms with van der Waals surface area (Å²) in [7, 11) is 3.84. The van der Waals surface area contributed by atoms with E-state index >= 15 is 0 Å². The smallest absolute Gasteiger partial charge is 0.255 e. The zero-order valence-corrected chi connectivity index (χ0v) is 15.3. The molecule has 27 heavy (non-hydrogen) atoms. The van der Waals surface area contributed by atoms with Gasteiger partial charge in [-0.3, -0.25) is 9.59 Å². The van der Waals surface area contributed by atoms with E-state index in [0.29, 0.717) is 22.5 Å². The summed E-state index contributed by atoms with van der Waals surface area (Å²) in [6.07, 6.45) is 0. The molecular formula is C22H21N3O2. The van der Waals surface area contributed by atoms with E-state index in [1.165, 1.54) is 0 Å². The van der Waals surface area contributed by atoms with Crippen molar-refractivity contribution in [3.63, 3.8) is 0 Å². The highest BCUT2D eigenvalue weighted by Crippen LogP contribution is 2.23. The summed E-state index contributed by atoms with van der Waals surface area (Å²) < 4.78 is 0. The monoisotopic (exact) mass is 359 g/mol. The van der Waals surface area contributed by atoms with Gasteiger partial charge in [0.15, 0.2) is 0 Å². The predicted molar refractivity (Wildman–Crippen MR) is 110 cm³/mol. The van der Waals surface area contributed by atoms with Crippen molar-refractivity contribution in [3.05, 3.63) is 90.0 Å². The van der Waals surface area contributed by atoms with Gasteiger partial charge >= 0.3 is 0 Å². The highest BCUT2D eigenvalue weighted by atomic mass is 16.2. The lowest BCUT2D eigenvalue weighted by atomic mass is 10.1. The third-order valence-electron chi connectivity index (χ3n) is 4.08. The van der Waals surface area contributed by atoms with E-state index < -0.39 is 0 Å². The Balaban J connectivity index is 1.79. The van der Waals surface area contributed by atoms with Crippen molar-refractivity contribution < 1.29 is 9.59 Å². The molecular weight excluding hydrogens is 338 g/mol. The Bertz CT molecular complexity index is 953. The molecule has 0 radical (unpaired) electrons. The Kier molecular flexibility index (Phi) is 5.52. The van der Waals surface area contributed by atoms with Gasteiger partial charge in [0, 0.05) is 30.9 Å². The molecule has 0 spiro atoms. The Labute approximate surface area is 158 Å². The molecule has 3 rings (SSSR count). The van der Waals surface area contributed by atoms with Gasteiger partial charge in [-0.05, 0) is 42.5 Å². The molecule has 0 saturated heterocycles. The van der Waals surface area contributed by atoms with Gasteiger partial charge in [-0.1, -0.05) is 36.4 Å². The summed E-state index contributed by atoms with van der Waals surface area (Å²) >= 11 is 0. The molecule has 0 fully saturated rings. The Morgan fingerprint density at radius 3 is 1.78 bits per heavy atom. The standard InChI is InChI=1S/C22H21N3O2/c1-25(2)18-12-8-11-17(15-18)22(27)24-20-14-7-6-13-19(20)23-21(26)16-9-4-3-5-10-16/h3-15H,1-2H3,(H,23,26)(H,24,27). The minimum Gasteiger partial charge on any atom is -0.378 e. The van der Waals surface area contributed by atoms with Crippen LogP contribution in [0, 0.1) is 0 Å². The summed E-state index contributed by atoms with van der Waals surface area (Å²) in [6, 6.07) is 23.4. The van der Waals surface area contributed by atoms with Gasteiger partial charge in [0.25, 0.3) is 11.8 Å². The lowest BCUT2D eigenvalue weighted by Gasteiger charge is -2.15. The molecule has 0 unspecified atom stereocenters. The number of hydrogen-bond acceptors (Lipinski definition) is 3. The Morgan fingerprint density at radius 1 is 0.667 bits per heavy atom. The first-order valence-electron chi connectivity index (χ1n) is 8.59. The Morgan fingerprint density at radius 2 is 1.19 bits per heavy atom. The molecule has 136 valence electrons. The van der Waals surface area contributed by atoms with E-state index in [1.54, 1.807) is 42.5 Å². The number of rotatable bonds is 5. The van der Waals surface area contributed by atoms with Crippen molar-refractivity contribution in [1.29, 1.82) is 0 Å². The van der Waals surface area contributed by atoms with Gasteiger partial charge in [0.05, 0.1) is 11.4 Å². The molecule has 0 aliphatic heterocycles. The molecule has 3 aromatic rings. The topological polar surface area (TPSA) is 61.4 Å². The molecule has 2 N–H and O–H groups in total. The van der Waals surface area contributed by atoms with Crippen LogP contribution in [0.25, 0.3) is 0 Å². The molecule has 0 atom stereocenters. The quantitative estimate of drug-likeness (QED) is 0.716. The molecule has 0 aromatic heterocycles. The zero-order chi connectivity index (χ0) is 19.2. The van der Waals surface area contributed by atoms with E-state index in [2.05, 4.69) is 10.6 Å². The highest BCUT2D eigenvalue weighted by Gasteiger charge is 2.12. The number of amides is 2. The first kappa shape index (κ1) is 18.2. The van der Waals surface area contributed by atoms with Crippen LogP contribution in [0.4, 0.5) is 17.1 Å². The first-order valence-corrected chi connectivity index (χ1v) is 8.59. The third-order valence-corrected chi connectivity index (χ3v) is 4.08. The summed E-state index contributed by atoms with van der Waals surface area (Å²) in [5.74, 6) is -0.466. The summed E-state index contributed by atoms with van der Waals surface area (Å²) in [4.78, 5) is 27.0. The van der Waals surface area contributed by atoms with Crippen LogP contribution >= 0.6 is 0 Å². The van der Waals surface area contributed by atoms with Crippen molar-refractivity contribution in [2.24, 2.45) is 0 Å². The second-order valence-electron chi connectivity index (χ2n) is 6.26.